The number of carbonyl (C=O) groups is 1. The number of nitrogen functional groups attached to an aromatic ring is 1. The van der Waals surface area contributed by atoms with Crippen LogP contribution in [0, 0.1) is 11.6 Å². The van der Waals surface area contributed by atoms with Crippen LogP contribution in [0.15, 0.2) is 40.9 Å². The monoisotopic (exact) mass is 326 g/mol. The number of hydrogen-bond acceptors (Lipinski definition) is 2. The normalized spacial score (nSPS) is 10.3. The SMILES string of the molecule is Nc1cc(F)ccc1C(=O)Nc1ccc(Br)c(F)c1. The van der Waals surface area contributed by atoms with Gasteiger partial charge in [-0.3, -0.25) is 4.79 Å². The lowest BCUT2D eigenvalue weighted by molar-refractivity contribution is 0.102. The largest absolute Gasteiger partial charge is 0.398 e. The molecule has 0 atom stereocenters. The fraction of sp³-hybridized carbons (Fsp3) is 0. The number of carbonyl (C=O) groups excluding carboxylic acids is 1. The zero-order valence-corrected chi connectivity index (χ0v) is 11.2. The molecule has 3 nitrogen and oxygen atoms in total. The Morgan fingerprint density at radius 1 is 1.16 bits per heavy atom. The summed E-state index contributed by atoms with van der Waals surface area (Å²) < 4.78 is 26.5. The molecule has 0 spiro atoms. The van der Waals surface area contributed by atoms with Crippen LogP contribution in [0.4, 0.5) is 20.2 Å². The highest BCUT2D eigenvalue weighted by Gasteiger charge is 2.11. The van der Waals surface area contributed by atoms with Gasteiger partial charge in [0.15, 0.2) is 0 Å². The third-order valence-corrected chi connectivity index (χ3v) is 3.08. The summed E-state index contributed by atoms with van der Waals surface area (Å²) in [5, 5.41) is 2.48. The summed E-state index contributed by atoms with van der Waals surface area (Å²) in [6, 6.07) is 7.63. The van der Waals surface area contributed by atoms with Crippen LogP contribution < -0.4 is 11.1 Å². The van der Waals surface area contributed by atoms with E-state index in [0.29, 0.717) is 4.47 Å². The summed E-state index contributed by atoms with van der Waals surface area (Å²) in [6.07, 6.45) is 0. The Bertz CT molecular complexity index is 647. The Morgan fingerprint density at radius 2 is 1.89 bits per heavy atom. The second-order valence-electron chi connectivity index (χ2n) is 3.81. The first kappa shape index (κ1) is 13.5. The van der Waals surface area contributed by atoms with Crippen LogP contribution in [0.3, 0.4) is 0 Å². The van der Waals surface area contributed by atoms with Crippen molar-refractivity contribution in [1.82, 2.24) is 0 Å². The van der Waals surface area contributed by atoms with E-state index in [1.807, 2.05) is 0 Å². The summed E-state index contributed by atoms with van der Waals surface area (Å²) in [4.78, 5) is 11.9. The zero-order valence-electron chi connectivity index (χ0n) is 9.58. The lowest BCUT2D eigenvalue weighted by Gasteiger charge is -2.08. The van der Waals surface area contributed by atoms with Crippen LogP contribution in [0.5, 0.6) is 0 Å². The minimum absolute atomic E-state index is 0.0232. The summed E-state index contributed by atoms with van der Waals surface area (Å²) in [5.41, 5.74) is 5.99. The molecule has 2 aromatic rings. The molecule has 6 heteroatoms. The molecule has 0 saturated heterocycles. The minimum Gasteiger partial charge on any atom is -0.398 e. The average molecular weight is 327 g/mol. The summed E-state index contributed by atoms with van der Waals surface area (Å²) in [6.45, 7) is 0. The zero-order chi connectivity index (χ0) is 14.0. The predicted octanol–water partition coefficient (Wildman–Crippen LogP) is 3.56. The quantitative estimate of drug-likeness (QED) is 0.829. The maximum atomic E-state index is 13.3. The van der Waals surface area contributed by atoms with Crippen molar-refractivity contribution in [2.45, 2.75) is 0 Å². The van der Waals surface area contributed by atoms with Gasteiger partial charge in [-0.05, 0) is 52.3 Å². The molecule has 0 saturated carbocycles. The number of nitrogens with one attached hydrogen (secondary N) is 1. The van der Waals surface area contributed by atoms with E-state index in [-0.39, 0.29) is 16.9 Å². The molecule has 0 heterocycles. The molecule has 0 radical (unpaired) electrons. The number of hydrogen-bond donors (Lipinski definition) is 2. The van der Waals surface area contributed by atoms with Crippen molar-refractivity contribution >= 4 is 33.2 Å². The first-order chi connectivity index (χ1) is 8.97. The Kier molecular flexibility index (Phi) is 3.80. The van der Waals surface area contributed by atoms with Gasteiger partial charge < -0.3 is 11.1 Å². The summed E-state index contributed by atoms with van der Waals surface area (Å²) in [7, 11) is 0. The molecule has 2 aromatic carbocycles. The van der Waals surface area contributed by atoms with Gasteiger partial charge in [0.05, 0.1) is 10.0 Å². The van der Waals surface area contributed by atoms with Crippen molar-refractivity contribution in [3.63, 3.8) is 0 Å². The van der Waals surface area contributed by atoms with E-state index in [9.17, 15) is 13.6 Å². The first-order valence-corrected chi connectivity index (χ1v) is 6.08. The second-order valence-corrected chi connectivity index (χ2v) is 4.67. The van der Waals surface area contributed by atoms with Crippen molar-refractivity contribution in [3.8, 4) is 0 Å². The van der Waals surface area contributed by atoms with Gasteiger partial charge in [0.25, 0.3) is 5.91 Å². The molecular formula is C13H9BrF2N2O. The number of rotatable bonds is 2. The molecular weight excluding hydrogens is 318 g/mol. The number of anilines is 2. The van der Waals surface area contributed by atoms with Crippen molar-refractivity contribution in [2.75, 3.05) is 11.1 Å². The predicted molar refractivity (Wildman–Crippen MR) is 72.9 cm³/mol. The molecule has 19 heavy (non-hydrogen) atoms. The summed E-state index contributed by atoms with van der Waals surface area (Å²) in [5.74, 6) is -1.55. The molecule has 0 aromatic heterocycles. The Hall–Kier alpha value is -1.95. The third-order valence-electron chi connectivity index (χ3n) is 2.44. The molecule has 1 amide bonds. The van der Waals surface area contributed by atoms with Crippen molar-refractivity contribution in [2.24, 2.45) is 0 Å². The fourth-order valence-corrected chi connectivity index (χ4v) is 1.76. The lowest BCUT2D eigenvalue weighted by Crippen LogP contribution is -2.14. The maximum absolute atomic E-state index is 13.3. The van der Waals surface area contributed by atoms with E-state index in [1.54, 1.807) is 0 Å². The van der Waals surface area contributed by atoms with Crippen molar-refractivity contribution < 1.29 is 13.6 Å². The van der Waals surface area contributed by atoms with Crippen LogP contribution in [-0.4, -0.2) is 5.91 Å². The highest BCUT2D eigenvalue weighted by Crippen LogP contribution is 2.21. The molecule has 0 aliphatic heterocycles. The van der Waals surface area contributed by atoms with Crippen LogP contribution in [0.1, 0.15) is 10.4 Å². The fourth-order valence-electron chi connectivity index (χ4n) is 1.51. The number of benzene rings is 2. The minimum atomic E-state index is -0.528. The van der Waals surface area contributed by atoms with Gasteiger partial charge in [0.2, 0.25) is 0 Å². The number of nitrogens with two attached hydrogens (primary N) is 1. The molecule has 0 fully saturated rings. The van der Waals surface area contributed by atoms with Gasteiger partial charge >= 0.3 is 0 Å². The van der Waals surface area contributed by atoms with Crippen LogP contribution in [0.25, 0.3) is 0 Å². The van der Waals surface area contributed by atoms with Gasteiger partial charge in [0.1, 0.15) is 11.6 Å². The van der Waals surface area contributed by atoms with Gasteiger partial charge in [-0.2, -0.15) is 0 Å². The third kappa shape index (κ3) is 3.08. The van der Waals surface area contributed by atoms with Crippen LogP contribution >= 0.6 is 15.9 Å². The Balaban J connectivity index is 2.23. The Labute approximate surface area is 116 Å². The smallest absolute Gasteiger partial charge is 0.257 e. The number of amides is 1. The molecule has 0 aliphatic rings. The van der Waals surface area contributed by atoms with Gasteiger partial charge in [-0.15, -0.1) is 0 Å². The highest BCUT2D eigenvalue weighted by molar-refractivity contribution is 9.10. The van der Waals surface area contributed by atoms with Crippen LogP contribution in [0.2, 0.25) is 0 Å². The molecule has 98 valence electrons. The van der Waals surface area contributed by atoms with E-state index in [4.69, 9.17) is 5.73 Å². The van der Waals surface area contributed by atoms with Crippen LogP contribution in [-0.2, 0) is 0 Å². The molecule has 3 N–H and O–H groups in total. The highest BCUT2D eigenvalue weighted by atomic mass is 79.9. The molecule has 0 bridgehead atoms. The van der Waals surface area contributed by atoms with E-state index in [0.717, 1.165) is 12.1 Å². The lowest BCUT2D eigenvalue weighted by atomic mass is 10.1. The van der Waals surface area contributed by atoms with E-state index in [1.165, 1.54) is 24.3 Å². The molecule has 2 rings (SSSR count). The second kappa shape index (κ2) is 5.36. The maximum Gasteiger partial charge on any atom is 0.257 e. The van der Waals surface area contributed by atoms with E-state index in [2.05, 4.69) is 21.2 Å². The Morgan fingerprint density at radius 3 is 2.53 bits per heavy atom. The first-order valence-electron chi connectivity index (χ1n) is 5.29. The molecule has 0 unspecified atom stereocenters. The molecule has 0 aliphatic carbocycles. The number of halogens is 3. The van der Waals surface area contributed by atoms with Crippen molar-refractivity contribution in [1.29, 1.82) is 0 Å². The average Bonchev–Trinajstić information content (AvgIpc) is 2.33. The standard InChI is InChI=1S/C13H9BrF2N2O/c14-10-4-2-8(6-11(10)16)18-13(19)9-3-1-7(15)5-12(9)17/h1-6H,17H2,(H,18,19). The van der Waals surface area contributed by atoms with E-state index >= 15 is 0 Å². The van der Waals surface area contributed by atoms with Gasteiger partial charge in [0, 0.05) is 11.4 Å². The van der Waals surface area contributed by atoms with E-state index < -0.39 is 17.5 Å². The summed E-state index contributed by atoms with van der Waals surface area (Å²) >= 11 is 3.01. The topological polar surface area (TPSA) is 55.1 Å². The van der Waals surface area contributed by atoms with Crippen molar-refractivity contribution in [3.05, 3.63) is 58.1 Å². The van der Waals surface area contributed by atoms with Gasteiger partial charge in [-0.1, -0.05) is 0 Å². The van der Waals surface area contributed by atoms with Gasteiger partial charge in [-0.25, -0.2) is 8.78 Å².